The summed E-state index contributed by atoms with van der Waals surface area (Å²) in [5.41, 5.74) is 4.68. The summed E-state index contributed by atoms with van der Waals surface area (Å²) < 4.78 is 38.5. The van der Waals surface area contributed by atoms with Gasteiger partial charge in [0, 0.05) is 18.4 Å². The summed E-state index contributed by atoms with van der Waals surface area (Å²) in [5, 5.41) is 0. The standard InChI is InChI=1S/C10H10F3N/c11-8-4-2-1-3-7(8)9(14)5-10(12,13)6-9/h1-4H,5-6,14H2. The van der Waals surface area contributed by atoms with E-state index in [1.54, 1.807) is 6.07 Å². The van der Waals surface area contributed by atoms with E-state index in [2.05, 4.69) is 0 Å². The monoisotopic (exact) mass is 201 g/mol. The third-order valence-corrected chi connectivity index (χ3v) is 2.56. The van der Waals surface area contributed by atoms with Crippen LogP contribution >= 0.6 is 0 Å². The van der Waals surface area contributed by atoms with Gasteiger partial charge in [-0.15, -0.1) is 0 Å². The maximum atomic E-state index is 13.2. The van der Waals surface area contributed by atoms with Gasteiger partial charge >= 0.3 is 0 Å². The van der Waals surface area contributed by atoms with E-state index in [1.165, 1.54) is 18.2 Å². The topological polar surface area (TPSA) is 26.0 Å². The van der Waals surface area contributed by atoms with Crippen molar-refractivity contribution in [2.75, 3.05) is 0 Å². The molecule has 0 heterocycles. The third-order valence-electron chi connectivity index (χ3n) is 2.56. The van der Waals surface area contributed by atoms with Crippen LogP contribution in [0.3, 0.4) is 0 Å². The Morgan fingerprint density at radius 1 is 1.14 bits per heavy atom. The van der Waals surface area contributed by atoms with E-state index in [1.807, 2.05) is 0 Å². The molecular weight excluding hydrogens is 191 g/mol. The van der Waals surface area contributed by atoms with Crippen LogP contribution in [0.15, 0.2) is 24.3 Å². The first kappa shape index (κ1) is 9.52. The van der Waals surface area contributed by atoms with Crippen molar-refractivity contribution in [2.24, 2.45) is 5.73 Å². The normalized spacial score (nSPS) is 22.9. The first-order valence-electron chi connectivity index (χ1n) is 4.35. The van der Waals surface area contributed by atoms with Gasteiger partial charge in [0.2, 0.25) is 0 Å². The minimum atomic E-state index is -2.74. The van der Waals surface area contributed by atoms with Gasteiger partial charge in [0.25, 0.3) is 5.92 Å². The maximum absolute atomic E-state index is 13.2. The van der Waals surface area contributed by atoms with Gasteiger partial charge in [-0.3, -0.25) is 0 Å². The molecule has 0 atom stereocenters. The highest BCUT2D eigenvalue weighted by Gasteiger charge is 2.55. The number of hydrogen-bond acceptors (Lipinski definition) is 1. The van der Waals surface area contributed by atoms with Gasteiger partial charge in [-0.25, -0.2) is 13.2 Å². The molecule has 1 nitrogen and oxygen atoms in total. The van der Waals surface area contributed by atoms with E-state index in [0.717, 1.165) is 0 Å². The number of halogens is 3. The molecule has 2 N–H and O–H groups in total. The predicted octanol–water partition coefficient (Wildman–Crippen LogP) is 2.41. The van der Waals surface area contributed by atoms with Crippen molar-refractivity contribution < 1.29 is 13.2 Å². The summed E-state index contributed by atoms with van der Waals surface area (Å²) >= 11 is 0. The van der Waals surface area contributed by atoms with Gasteiger partial charge in [0.15, 0.2) is 0 Å². The van der Waals surface area contributed by atoms with Gasteiger partial charge in [0.1, 0.15) is 5.82 Å². The molecule has 1 aliphatic rings. The number of benzene rings is 1. The Bertz CT molecular complexity index is 354. The maximum Gasteiger partial charge on any atom is 0.252 e. The Morgan fingerprint density at radius 3 is 2.21 bits per heavy atom. The fourth-order valence-electron chi connectivity index (χ4n) is 1.93. The van der Waals surface area contributed by atoms with Crippen LogP contribution in [0.4, 0.5) is 13.2 Å². The molecule has 4 heteroatoms. The minimum Gasteiger partial charge on any atom is -0.321 e. The second kappa shape index (κ2) is 2.73. The first-order chi connectivity index (χ1) is 6.43. The molecule has 14 heavy (non-hydrogen) atoms. The smallest absolute Gasteiger partial charge is 0.252 e. The summed E-state index contributed by atoms with van der Waals surface area (Å²) in [6.07, 6.45) is -0.943. The third kappa shape index (κ3) is 1.39. The summed E-state index contributed by atoms with van der Waals surface area (Å²) in [5.74, 6) is -3.25. The molecule has 0 saturated heterocycles. The molecule has 0 bridgehead atoms. The zero-order valence-electron chi connectivity index (χ0n) is 7.43. The highest BCUT2D eigenvalue weighted by atomic mass is 19.3. The van der Waals surface area contributed by atoms with Crippen molar-refractivity contribution in [2.45, 2.75) is 24.3 Å². The molecule has 1 aromatic rings. The molecule has 76 valence electrons. The second-order valence-corrected chi connectivity index (χ2v) is 3.85. The predicted molar refractivity (Wildman–Crippen MR) is 46.4 cm³/mol. The zero-order chi connectivity index (χ0) is 10.4. The molecule has 1 saturated carbocycles. The fraction of sp³-hybridized carbons (Fsp3) is 0.400. The second-order valence-electron chi connectivity index (χ2n) is 3.85. The number of rotatable bonds is 1. The lowest BCUT2D eigenvalue weighted by atomic mass is 9.69. The molecule has 0 amide bonds. The van der Waals surface area contributed by atoms with E-state index in [9.17, 15) is 13.2 Å². The SMILES string of the molecule is NC1(c2ccccc2F)CC(F)(F)C1. The molecule has 0 radical (unpaired) electrons. The van der Waals surface area contributed by atoms with Gasteiger partial charge in [-0.2, -0.15) is 0 Å². The Labute approximate surface area is 79.7 Å². The largest absolute Gasteiger partial charge is 0.321 e. The van der Waals surface area contributed by atoms with Crippen LogP contribution in [0.2, 0.25) is 0 Å². The van der Waals surface area contributed by atoms with Crippen LogP contribution < -0.4 is 5.73 Å². The summed E-state index contributed by atoms with van der Waals surface area (Å²) in [6.45, 7) is 0. The molecule has 0 unspecified atom stereocenters. The fourth-order valence-corrected chi connectivity index (χ4v) is 1.93. The molecule has 0 spiro atoms. The van der Waals surface area contributed by atoms with Crippen molar-refractivity contribution in [1.29, 1.82) is 0 Å². The Hall–Kier alpha value is -1.03. The first-order valence-corrected chi connectivity index (χ1v) is 4.35. The lowest BCUT2D eigenvalue weighted by Crippen LogP contribution is -2.55. The quantitative estimate of drug-likeness (QED) is 0.741. The molecule has 0 aromatic heterocycles. The average Bonchev–Trinajstić information content (AvgIpc) is 2.00. The highest BCUT2D eigenvalue weighted by molar-refractivity contribution is 5.30. The minimum absolute atomic E-state index is 0.186. The Balaban J connectivity index is 2.30. The number of nitrogens with two attached hydrogens (primary N) is 1. The Kier molecular flexibility index (Phi) is 1.86. The molecule has 2 rings (SSSR count). The number of alkyl halides is 2. The molecular formula is C10H10F3N. The van der Waals surface area contributed by atoms with E-state index >= 15 is 0 Å². The van der Waals surface area contributed by atoms with Crippen LogP contribution in [-0.2, 0) is 5.54 Å². The van der Waals surface area contributed by atoms with Gasteiger partial charge < -0.3 is 5.73 Å². The van der Waals surface area contributed by atoms with E-state index in [-0.39, 0.29) is 5.56 Å². The summed E-state index contributed by atoms with van der Waals surface area (Å²) in [4.78, 5) is 0. The van der Waals surface area contributed by atoms with Crippen molar-refractivity contribution in [3.8, 4) is 0 Å². The van der Waals surface area contributed by atoms with E-state index < -0.39 is 30.1 Å². The van der Waals surface area contributed by atoms with Gasteiger partial charge in [0.05, 0.1) is 5.54 Å². The van der Waals surface area contributed by atoms with Crippen LogP contribution in [0.25, 0.3) is 0 Å². The molecule has 0 aliphatic heterocycles. The van der Waals surface area contributed by atoms with Crippen LogP contribution in [-0.4, -0.2) is 5.92 Å². The van der Waals surface area contributed by atoms with Crippen molar-refractivity contribution in [3.05, 3.63) is 35.6 Å². The van der Waals surface area contributed by atoms with Gasteiger partial charge in [-0.1, -0.05) is 18.2 Å². The van der Waals surface area contributed by atoms with Crippen LogP contribution in [0, 0.1) is 5.82 Å². The van der Waals surface area contributed by atoms with Crippen LogP contribution in [0.1, 0.15) is 18.4 Å². The zero-order valence-corrected chi connectivity index (χ0v) is 7.43. The molecule has 1 aromatic carbocycles. The molecule has 1 fully saturated rings. The van der Waals surface area contributed by atoms with Crippen molar-refractivity contribution in [1.82, 2.24) is 0 Å². The average molecular weight is 201 g/mol. The Morgan fingerprint density at radius 2 is 1.71 bits per heavy atom. The van der Waals surface area contributed by atoms with E-state index in [0.29, 0.717) is 0 Å². The number of hydrogen-bond donors (Lipinski definition) is 1. The van der Waals surface area contributed by atoms with Crippen molar-refractivity contribution >= 4 is 0 Å². The molecule has 1 aliphatic carbocycles. The van der Waals surface area contributed by atoms with E-state index in [4.69, 9.17) is 5.73 Å². The van der Waals surface area contributed by atoms with Crippen molar-refractivity contribution in [3.63, 3.8) is 0 Å². The lowest BCUT2D eigenvalue weighted by molar-refractivity contribution is -0.125. The lowest BCUT2D eigenvalue weighted by Gasteiger charge is -2.44. The summed E-state index contributed by atoms with van der Waals surface area (Å²) in [7, 11) is 0. The van der Waals surface area contributed by atoms with Crippen LogP contribution in [0.5, 0.6) is 0 Å². The summed E-state index contributed by atoms with van der Waals surface area (Å²) in [6, 6.07) is 5.81. The highest BCUT2D eigenvalue weighted by Crippen LogP contribution is 2.50. The van der Waals surface area contributed by atoms with Gasteiger partial charge in [-0.05, 0) is 6.07 Å².